The van der Waals surface area contributed by atoms with Crippen LogP contribution in [0, 0.1) is 6.92 Å². The molecule has 0 fully saturated rings. The number of aromatic nitrogens is 1. The van der Waals surface area contributed by atoms with Crippen molar-refractivity contribution in [1.82, 2.24) is 4.98 Å². The molecule has 0 unspecified atom stereocenters. The first kappa shape index (κ1) is 9.25. The predicted molar refractivity (Wildman–Crippen MR) is 38.9 cm³/mol. The number of nitrogens with zero attached hydrogens (tertiary/aromatic N) is 1. The Morgan fingerprint density at radius 2 is 2.11 bits per heavy atom. The molecule has 3 heteroatoms. The molecule has 0 aliphatic carbocycles. The van der Waals surface area contributed by atoms with Crippen LogP contribution in [0.4, 0.5) is 0 Å². The first-order valence-electron chi connectivity index (χ1n) is 2.54. The van der Waals surface area contributed by atoms with Gasteiger partial charge in [-0.3, -0.25) is 0 Å². The molecule has 0 saturated carbocycles. The number of hydrogen-bond acceptors (Lipinski definition) is 1. The molecular formula is C6H7BrNZn. The molecule has 1 heterocycles. The minimum atomic E-state index is 0. The van der Waals surface area contributed by atoms with Gasteiger partial charge in [0.25, 0.3) is 0 Å². The zero-order valence-electron chi connectivity index (χ0n) is 5.29. The van der Waals surface area contributed by atoms with Crippen LogP contribution < -0.4 is 4.29 Å². The van der Waals surface area contributed by atoms with E-state index in [2.05, 4.69) is 4.98 Å². The first-order chi connectivity index (χ1) is 3.79. The van der Waals surface area contributed by atoms with Crippen molar-refractivity contribution in [2.75, 3.05) is 0 Å². The summed E-state index contributed by atoms with van der Waals surface area (Å²) in [6, 6.07) is 6.10. The summed E-state index contributed by atoms with van der Waals surface area (Å²) in [6.45, 7) is 2.01. The summed E-state index contributed by atoms with van der Waals surface area (Å²) in [6.07, 6.45) is 0. The van der Waals surface area contributed by atoms with Crippen molar-refractivity contribution in [1.29, 1.82) is 0 Å². The average molecular weight is 238 g/mol. The van der Waals surface area contributed by atoms with Crippen LogP contribution in [0.1, 0.15) is 5.69 Å². The Hall–Kier alpha value is 0.253. The van der Waals surface area contributed by atoms with Gasteiger partial charge in [0.05, 0.1) is 0 Å². The van der Waals surface area contributed by atoms with Gasteiger partial charge < -0.3 is 0 Å². The fourth-order valence-corrected chi connectivity index (χ4v) is 1.41. The second-order valence-electron chi connectivity index (χ2n) is 1.77. The van der Waals surface area contributed by atoms with E-state index in [9.17, 15) is 0 Å². The molecular weight excluding hydrogens is 231 g/mol. The maximum absolute atomic E-state index is 4.23. The van der Waals surface area contributed by atoms with Crippen molar-refractivity contribution < 1.29 is 18.3 Å². The van der Waals surface area contributed by atoms with Gasteiger partial charge in [0.15, 0.2) is 0 Å². The first-order valence-corrected chi connectivity index (χ1v) is 4.03. The van der Waals surface area contributed by atoms with Crippen molar-refractivity contribution in [3.63, 3.8) is 0 Å². The Balaban J connectivity index is 0.000000640. The molecule has 1 aromatic heterocycles. The molecule has 1 aromatic rings. The van der Waals surface area contributed by atoms with Crippen molar-refractivity contribution in [2.45, 2.75) is 6.92 Å². The summed E-state index contributed by atoms with van der Waals surface area (Å²) >= 11 is 1.15. The molecule has 0 N–H and O–H groups in total. The third-order valence-electron chi connectivity index (χ3n) is 0.946. The average Bonchev–Trinajstić information content (AvgIpc) is 1.64. The van der Waals surface area contributed by atoms with E-state index in [0.29, 0.717) is 0 Å². The van der Waals surface area contributed by atoms with Crippen LogP contribution in [0.25, 0.3) is 0 Å². The topological polar surface area (TPSA) is 12.9 Å². The Morgan fingerprint density at radius 1 is 1.44 bits per heavy atom. The van der Waals surface area contributed by atoms with Gasteiger partial charge in [0, 0.05) is 0 Å². The van der Waals surface area contributed by atoms with Crippen molar-refractivity contribution in [3.05, 3.63) is 23.9 Å². The van der Waals surface area contributed by atoms with E-state index >= 15 is 0 Å². The molecule has 0 bridgehead atoms. The van der Waals surface area contributed by atoms with Crippen LogP contribution in [0.2, 0.25) is 0 Å². The van der Waals surface area contributed by atoms with Gasteiger partial charge in [-0.2, -0.15) is 0 Å². The normalized spacial score (nSPS) is 8.33. The Labute approximate surface area is 75.3 Å². The second kappa shape index (κ2) is 4.13. The number of hydrogen-bond donors (Lipinski definition) is 0. The van der Waals surface area contributed by atoms with E-state index in [1.165, 1.54) is 4.29 Å². The van der Waals surface area contributed by atoms with E-state index in [1.807, 2.05) is 25.1 Å². The van der Waals surface area contributed by atoms with E-state index in [0.717, 1.165) is 24.0 Å². The summed E-state index contributed by atoms with van der Waals surface area (Å²) < 4.78 is 1.21. The molecule has 0 aliphatic heterocycles. The Bertz CT molecular complexity index is 173. The number of aryl methyl sites for hydroxylation is 1. The van der Waals surface area contributed by atoms with Gasteiger partial charge in [-0.25, -0.2) is 0 Å². The summed E-state index contributed by atoms with van der Waals surface area (Å²) in [5, 5.41) is 0. The van der Waals surface area contributed by atoms with Crippen LogP contribution in [-0.4, -0.2) is 4.98 Å². The van der Waals surface area contributed by atoms with E-state index in [1.54, 1.807) is 0 Å². The van der Waals surface area contributed by atoms with Gasteiger partial charge in [-0.15, -0.1) is 17.0 Å². The van der Waals surface area contributed by atoms with Crippen LogP contribution in [0.3, 0.4) is 0 Å². The van der Waals surface area contributed by atoms with E-state index in [-0.39, 0.29) is 17.0 Å². The molecule has 0 spiro atoms. The molecule has 0 radical (unpaired) electrons. The van der Waals surface area contributed by atoms with Crippen LogP contribution in [-0.2, 0) is 18.3 Å². The zero-order chi connectivity index (χ0) is 5.98. The molecule has 0 amide bonds. The predicted octanol–water partition coefficient (Wildman–Crippen LogP) is 1.14. The summed E-state index contributed by atoms with van der Waals surface area (Å²) in [7, 11) is 0. The van der Waals surface area contributed by atoms with Gasteiger partial charge in [0.1, 0.15) is 0 Å². The summed E-state index contributed by atoms with van der Waals surface area (Å²) in [5.74, 6) is 0. The monoisotopic (exact) mass is 236 g/mol. The van der Waals surface area contributed by atoms with Crippen molar-refractivity contribution in [2.24, 2.45) is 0 Å². The minimum absolute atomic E-state index is 0. The molecule has 1 rings (SSSR count). The fourth-order valence-electron chi connectivity index (χ4n) is 0.599. The van der Waals surface area contributed by atoms with E-state index in [4.69, 9.17) is 0 Å². The van der Waals surface area contributed by atoms with Crippen molar-refractivity contribution >= 4 is 21.3 Å². The standard InChI is InChI=1S/C6H6N.BrH.Zn/c1-6-4-2-3-5-7-6;;/h2-4H,1H3;1H;. The van der Waals surface area contributed by atoms with Crippen LogP contribution in [0.15, 0.2) is 18.2 Å². The number of rotatable bonds is 0. The fraction of sp³-hybridized carbons (Fsp3) is 0.167. The molecule has 0 saturated heterocycles. The zero-order valence-corrected chi connectivity index (χ0v) is 9.97. The van der Waals surface area contributed by atoms with Crippen LogP contribution >= 0.6 is 17.0 Å². The Morgan fingerprint density at radius 3 is 2.44 bits per heavy atom. The molecule has 1 nitrogen and oxygen atoms in total. The molecule has 0 aliphatic rings. The van der Waals surface area contributed by atoms with Gasteiger partial charge >= 0.3 is 58.4 Å². The SMILES string of the molecule is Br.Cc1ccc[c]([Zn])n1. The van der Waals surface area contributed by atoms with Gasteiger partial charge in [0.2, 0.25) is 0 Å². The van der Waals surface area contributed by atoms with Crippen LogP contribution in [0.5, 0.6) is 0 Å². The summed E-state index contributed by atoms with van der Waals surface area (Å²) in [5.41, 5.74) is 1.12. The van der Waals surface area contributed by atoms with Gasteiger partial charge in [-0.05, 0) is 0 Å². The molecule has 0 aromatic carbocycles. The molecule has 45 valence electrons. The van der Waals surface area contributed by atoms with E-state index < -0.39 is 0 Å². The maximum atomic E-state index is 4.23. The second-order valence-corrected chi connectivity index (χ2v) is 3.29. The number of pyridine rings is 1. The quantitative estimate of drug-likeness (QED) is 0.618. The summed E-state index contributed by atoms with van der Waals surface area (Å²) in [4.78, 5) is 4.23. The third kappa shape index (κ3) is 3.07. The third-order valence-corrected chi connectivity index (χ3v) is 1.77. The van der Waals surface area contributed by atoms with Crippen molar-refractivity contribution in [3.8, 4) is 0 Å². The van der Waals surface area contributed by atoms with Gasteiger partial charge in [-0.1, -0.05) is 0 Å². The Kier molecular flexibility index (Phi) is 4.25. The number of halogens is 1. The molecule has 9 heavy (non-hydrogen) atoms. The molecule has 0 atom stereocenters.